The molecular formula is C17H28N2O2. The Balaban J connectivity index is 3.98. The SMILES string of the molecule is CCCCCCCCOC(=O)C(C#N)=CC=CN(C)CC. The predicted molar refractivity (Wildman–Crippen MR) is 85.5 cm³/mol. The number of allylic oxidation sites excluding steroid dienone is 2. The molecule has 4 heteroatoms. The Kier molecular flexibility index (Phi) is 12.1. The lowest BCUT2D eigenvalue weighted by Gasteiger charge is -2.08. The number of ether oxygens (including phenoxy) is 1. The van der Waals surface area contributed by atoms with E-state index in [9.17, 15) is 4.79 Å². The van der Waals surface area contributed by atoms with Crippen LogP contribution in [0, 0.1) is 11.3 Å². The fourth-order valence-electron chi connectivity index (χ4n) is 1.67. The average molecular weight is 292 g/mol. The summed E-state index contributed by atoms with van der Waals surface area (Å²) < 4.78 is 5.11. The van der Waals surface area contributed by atoms with E-state index in [4.69, 9.17) is 10.00 Å². The molecule has 0 N–H and O–H groups in total. The van der Waals surface area contributed by atoms with Gasteiger partial charge in [0.1, 0.15) is 11.6 Å². The van der Waals surface area contributed by atoms with Crippen LogP contribution in [0.4, 0.5) is 0 Å². The van der Waals surface area contributed by atoms with Crippen LogP contribution in [0.15, 0.2) is 23.9 Å². The summed E-state index contributed by atoms with van der Waals surface area (Å²) >= 11 is 0. The fraction of sp³-hybridized carbons (Fsp3) is 0.647. The summed E-state index contributed by atoms with van der Waals surface area (Å²) in [7, 11) is 1.92. The van der Waals surface area contributed by atoms with Crippen molar-refractivity contribution in [1.82, 2.24) is 4.90 Å². The van der Waals surface area contributed by atoms with Crippen molar-refractivity contribution in [2.45, 2.75) is 52.4 Å². The molecule has 0 aromatic heterocycles. The number of nitriles is 1. The highest BCUT2D eigenvalue weighted by atomic mass is 16.5. The van der Waals surface area contributed by atoms with Gasteiger partial charge >= 0.3 is 5.97 Å². The Morgan fingerprint density at radius 3 is 2.48 bits per heavy atom. The van der Waals surface area contributed by atoms with Gasteiger partial charge in [-0.15, -0.1) is 0 Å². The maximum absolute atomic E-state index is 11.7. The third-order valence-electron chi connectivity index (χ3n) is 3.17. The molecule has 0 aliphatic heterocycles. The van der Waals surface area contributed by atoms with E-state index in [1.54, 1.807) is 6.08 Å². The highest BCUT2D eigenvalue weighted by Gasteiger charge is 2.08. The van der Waals surface area contributed by atoms with Gasteiger partial charge in [0.25, 0.3) is 0 Å². The topological polar surface area (TPSA) is 53.3 Å². The lowest BCUT2D eigenvalue weighted by atomic mass is 10.1. The molecule has 0 radical (unpaired) electrons. The van der Waals surface area contributed by atoms with Crippen molar-refractivity contribution in [2.75, 3.05) is 20.2 Å². The Bertz CT molecular complexity index is 381. The van der Waals surface area contributed by atoms with Gasteiger partial charge < -0.3 is 9.64 Å². The number of carbonyl (C=O) groups is 1. The zero-order chi connectivity index (χ0) is 15.9. The van der Waals surface area contributed by atoms with Crippen LogP contribution in [-0.4, -0.2) is 31.1 Å². The maximum Gasteiger partial charge on any atom is 0.348 e. The quantitative estimate of drug-likeness (QED) is 0.191. The van der Waals surface area contributed by atoms with Gasteiger partial charge in [0.2, 0.25) is 0 Å². The summed E-state index contributed by atoms with van der Waals surface area (Å²) in [6.45, 7) is 5.47. The van der Waals surface area contributed by atoms with Crippen LogP contribution in [0.2, 0.25) is 0 Å². The second-order valence-electron chi connectivity index (χ2n) is 5.01. The highest BCUT2D eigenvalue weighted by molar-refractivity contribution is 5.93. The molecule has 0 bridgehead atoms. The van der Waals surface area contributed by atoms with Gasteiger partial charge in [0, 0.05) is 13.6 Å². The number of hydrogen-bond acceptors (Lipinski definition) is 4. The maximum atomic E-state index is 11.7. The van der Waals surface area contributed by atoms with E-state index in [2.05, 4.69) is 6.92 Å². The van der Waals surface area contributed by atoms with Gasteiger partial charge in [0.05, 0.1) is 6.61 Å². The zero-order valence-electron chi connectivity index (χ0n) is 13.6. The molecule has 21 heavy (non-hydrogen) atoms. The molecule has 0 saturated carbocycles. The third kappa shape index (κ3) is 10.7. The molecule has 0 aliphatic carbocycles. The fourth-order valence-corrected chi connectivity index (χ4v) is 1.67. The van der Waals surface area contributed by atoms with E-state index in [0.717, 1.165) is 19.4 Å². The molecule has 0 aromatic carbocycles. The summed E-state index contributed by atoms with van der Waals surface area (Å²) in [5.74, 6) is -0.533. The van der Waals surface area contributed by atoms with Crippen LogP contribution in [0.5, 0.6) is 0 Å². The van der Waals surface area contributed by atoms with E-state index < -0.39 is 5.97 Å². The van der Waals surface area contributed by atoms with Gasteiger partial charge in [-0.25, -0.2) is 4.79 Å². The van der Waals surface area contributed by atoms with Crippen LogP contribution in [0.25, 0.3) is 0 Å². The summed E-state index contributed by atoms with van der Waals surface area (Å²) in [6, 6.07) is 1.88. The number of unbranched alkanes of at least 4 members (excludes halogenated alkanes) is 5. The van der Waals surface area contributed by atoms with Crippen molar-refractivity contribution < 1.29 is 9.53 Å². The molecule has 0 aliphatic rings. The molecule has 118 valence electrons. The van der Waals surface area contributed by atoms with Crippen molar-refractivity contribution in [3.63, 3.8) is 0 Å². The summed E-state index contributed by atoms with van der Waals surface area (Å²) in [6.07, 6.45) is 11.8. The third-order valence-corrected chi connectivity index (χ3v) is 3.17. The molecule has 0 unspecified atom stereocenters. The summed E-state index contributed by atoms with van der Waals surface area (Å²) in [5.41, 5.74) is 0.0433. The predicted octanol–water partition coefficient (Wildman–Crippen LogP) is 3.81. The van der Waals surface area contributed by atoms with Crippen molar-refractivity contribution >= 4 is 5.97 Å². The molecule has 0 rings (SSSR count). The Labute approximate surface area is 129 Å². The second-order valence-corrected chi connectivity index (χ2v) is 5.01. The van der Waals surface area contributed by atoms with Crippen LogP contribution in [-0.2, 0) is 9.53 Å². The van der Waals surface area contributed by atoms with Gasteiger partial charge in [-0.3, -0.25) is 0 Å². The number of rotatable bonds is 11. The first-order valence-electron chi connectivity index (χ1n) is 7.81. The van der Waals surface area contributed by atoms with E-state index in [0.29, 0.717) is 6.61 Å². The summed E-state index contributed by atoms with van der Waals surface area (Å²) in [4.78, 5) is 13.6. The monoisotopic (exact) mass is 292 g/mol. The number of nitrogens with zero attached hydrogens (tertiary/aromatic N) is 2. The zero-order valence-corrected chi connectivity index (χ0v) is 13.6. The molecule has 0 heterocycles. The molecule has 0 spiro atoms. The molecule has 0 saturated heterocycles. The van der Waals surface area contributed by atoms with E-state index in [-0.39, 0.29) is 5.57 Å². The minimum atomic E-state index is -0.533. The van der Waals surface area contributed by atoms with Crippen molar-refractivity contribution in [3.05, 3.63) is 23.9 Å². The molecule has 0 amide bonds. The van der Waals surface area contributed by atoms with E-state index >= 15 is 0 Å². The number of hydrogen-bond donors (Lipinski definition) is 0. The van der Waals surface area contributed by atoms with Crippen LogP contribution < -0.4 is 0 Å². The van der Waals surface area contributed by atoms with Gasteiger partial charge in [-0.1, -0.05) is 39.0 Å². The Morgan fingerprint density at radius 1 is 1.19 bits per heavy atom. The number of carbonyl (C=O) groups excluding carboxylic acids is 1. The lowest BCUT2D eigenvalue weighted by Crippen LogP contribution is -2.09. The van der Waals surface area contributed by atoms with Crippen molar-refractivity contribution in [2.24, 2.45) is 0 Å². The van der Waals surface area contributed by atoms with Crippen LogP contribution >= 0.6 is 0 Å². The van der Waals surface area contributed by atoms with Crippen molar-refractivity contribution in [3.8, 4) is 6.07 Å². The van der Waals surface area contributed by atoms with E-state index in [1.807, 2.05) is 31.1 Å². The smallest absolute Gasteiger partial charge is 0.348 e. The second kappa shape index (κ2) is 13.2. The average Bonchev–Trinajstić information content (AvgIpc) is 2.50. The molecule has 0 atom stereocenters. The summed E-state index contributed by atoms with van der Waals surface area (Å²) in [5, 5.41) is 8.95. The molecule has 0 aromatic rings. The standard InChI is InChI=1S/C17H28N2O2/c1-4-6-7-8-9-10-14-21-17(20)16(15-18)12-11-13-19(3)5-2/h11-13H,4-10,14H2,1-3H3. The largest absolute Gasteiger partial charge is 0.462 e. The first-order valence-corrected chi connectivity index (χ1v) is 7.81. The van der Waals surface area contributed by atoms with Gasteiger partial charge in [-0.05, 0) is 31.7 Å². The minimum absolute atomic E-state index is 0.0433. The van der Waals surface area contributed by atoms with Gasteiger partial charge in [-0.2, -0.15) is 5.26 Å². The van der Waals surface area contributed by atoms with Crippen molar-refractivity contribution in [1.29, 1.82) is 5.26 Å². The Hall–Kier alpha value is -1.76. The molecule has 0 fully saturated rings. The number of esters is 1. The molecular weight excluding hydrogens is 264 g/mol. The highest BCUT2D eigenvalue weighted by Crippen LogP contribution is 2.06. The first-order chi connectivity index (χ1) is 10.2. The molecule has 4 nitrogen and oxygen atoms in total. The van der Waals surface area contributed by atoms with Gasteiger partial charge in [0.15, 0.2) is 0 Å². The normalized spacial score (nSPS) is 11.4. The first kappa shape index (κ1) is 19.2. The minimum Gasteiger partial charge on any atom is -0.462 e. The van der Waals surface area contributed by atoms with Crippen LogP contribution in [0.1, 0.15) is 52.4 Å². The Morgan fingerprint density at radius 2 is 1.86 bits per heavy atom. The van der Waals surface area contributed by atoms with E-state index in [1.165, 1.54) is 31.8 Å². The van der Waals surface area contributed by atoms with Crippen LogP contribution in [0.3, 0.4) is 0 Å². The lowest BCUT2D eigenvalue weighted by molar-refractivity contribution is -0.138.